The Morgan fingerprint density at radius 2 is 1.87 bits per heavy atom. The summed E-state index contributed by atoms with van der Waals surface area (Å²) in [6, 6.07) is 15.2. The molecule has 0 unspecified atom stereocenters. The lowest BCUT2D eigenvalue weighted by molar-refractivity contribution is -0.385. The fourth-order valence-electron chi connectivity index (χ4n) is 4.31. The third-order valence-electron chi connectivity index (χ3n) is 6.24. The molecule has 3 aromatic carbocycles. The average molecular weight is 518 g/mol. The third-order valence-corrected chi connectivity index (χ3v) is 6.24. The monoisotopic (exact) mass is 517 g/mol. The molecule has 0 saturated carbocycles. The van der Waals surface area contributed by atoms with Gasteiger partial charge >= 0.3 is 0 Å². The molecule has 0 fully saturated rings. The van der Waals surface area contributed by atoms with Crippen molar-refractivity contribution in [3.05, 3.63) is 98.6 Å². The van der Waals surface area contributed by atoms with Crippen molar-refractivity contribution >= 4 is 17.5 Å². The van der Waals surface area contributed by atoms with Gasteiger partial charge in [-0.3, -0.25) is 14.9 Å². The van der Waals surface area contributed by atoms with Crippen LogP contribution in [-0.2, 0) is 19.6 Å². The van der Waals surface area contributed by atoms with Crippen molar-refractivity contribution in [3.8, 4) is 17.2 Å². The number of hydrogen-bond acceptors (Lipinski definition) is 7. The smallest absolute Gasteiger partial charge is 0.276 e. The van der Waals surface area contributed by atoms with Crippen LogP contribution in [0.4, 0.5) is 5.69 Å². The summed E-state index contributed by atoms with van der Waals surface area (Å²) >= 11 is 0. The fraction of sp³-hybridized carbons (Fsp3) is 0.300. The zero-order valence-corrected chi connectivity index (χ0v) is 21.7. The fourth-order valence-corrected chi connectivity index (χ4v) is 4.31. The highest BCUT2D eigenvalue weighted by Gasteiger charge is 2.26. The standard InChI is InChI=1S/C30H31NO7/c1-4-7-20-10-12-23(28(16-20)36-18-22-8-5-6-9-25(22)31(34)35)26(33)19-37-29-21(17-32)11-13-27-24(29)14-15-30(2,3)38-27/h5-6,8-16,32H,4,7,17-19H2,1-3H3. The normalized spacial score (nSPS) is 13.4. The van der Waals surface area contributed by atoms with Crippen LogP contribution in [0.5, 0.6) is 17.2 Å². The van der Waals surface area contributed by atoms with Gasteiger partial charge < -0.3 is 19.3 Å². The highest BCUT2D eigenvalue weighted by Crippen LogP contribution is 2.39. The van der Waals surface area contributed by atoms with Crippen LogP contribution in [0.15, 0.2) is 60.7 Å². The van der Waals surface area contributed by atoms with E-state index in [1.54, 1.807) is 42.5 Å². The Kier molecular flexibility index (Phi) is 8.12. The second kappa shape index (κ2) is 11.5. The van der Waals surface area contributed by atoms with E-state index < -0.39 is 10.5 Å². The molecule has 0 spiro atoms. The van der Waals surface area contributed by atoms with E-state index in [2.05, 4.69) is 6.92 Å². The molecule has 1 aliphatic rings. The number of nitro benzene ring substituents is 1. The molecule has 8 nitrogen and oxygen atoms in total. The number of fused-ring (bicyclic) bond motifs is 1. The van der Waals surface area contributed by atoms with Crippen LogP contribution >= 0.6 is 0 Å². The highest BCUT2D eigenvalue weighted by atomic mass is 16.6. The summed E-state index contributed by atoms with van der Waals surface area (Å²) in [5.41, 5.74) is 2.38. The first-order valence-electron chi connectivity index (χ1n) is 12.5. The van der Waals surface area contributed by atoms with Gasteiger partial charge in [0.05, 0.1) is 28.2 Å². The SMILES string of the molecule is CCCc1ccc(C(=O)COc2c(CO)ccc3c2C=CC(C)(C)O3)c(OCc2ccccc2[N+](=O)[O-])c1. The molecule has 3 aromatic rings. The second-order valence-electron chi connectivity index (χ2n) is 9.63. The Morgan fingerprint density at radius 3 is 2.61 bits per heavy atom. The van der Waals surface area contributed by atoms with Gasteiger partial charge in [0.1, 0.15) is 29.5 Å². The van der Waals surface area contributed by atoms with Crippen LogP contribution in [0.2, 0.25) is 0 Å². The Labute approximate surface area is 221 Å². The molecule has 198 valence electrons. The van der Waals surface area contributed by atoms with Crippen molar-refractivity contribution in [2.75, 3.05) is 6.61 Å². The maximum Gasteiger partial charge on any atom is 0.276 e. The van der Waals surface area contributed by atoms with Crippen LogP contribution in [0.1, 0.15) is 59.8 Å². The Bertz CT molecular complexity index is 1380. The summed E-state index contributed by atoms with van der Waals surface area (Å²) in [7, 11) is 0. The first-order chi connectivity index (χ1) is 18.2. The second-order valence-corrected chi connectivity index (χ2v) is 9.63. The van der Waals surface area contributed by atoms with Gasteiger partial charge in [-0.1, -0.05) is 31.5 Å². The van der Waals surface area contributed by atoms with Crippen molar-refractivity contribution < 1.29 is 29.0 Å². The lowest BCUT2D eigenvalue weighted by Gasteiger charge is -2.29. The minimum atomic E-state index is -0.485. The maximum absolute atomic E-state index is 13.3. The van der Waals surface area contributed by atoms with E-state index in [0.717, 1.165) is 18.4 Å². The topological polar surface area (TPSA) is 108 Å². The largest absolute Gasteiger partial charge is 0.488 e. The number of Topliss-reactive ketones (excluding diaryl/α,β-unsaturated/α-hetero) is 1. The number of nitro groups is 1. The van der Waals surface area contributed by atoms with Crippen molar-refractivity contribution in [1.29, 1.82) is 0 Å². The number of hydrogen-bond donors (Lipinski definition) is 1. The Balaban J connectivity index is 1.58. The molecule has 38 heavy (non-hydrogen) atoms. The molecular formula is C30H31NO7. The molecule has 0 amide bonds. The Hall–Kier alpha value is -4.17. The first-order valence-corrected chi connectivity index (χ1v) is 12.5. The highest BCUT2D eigenvalue weighted by molar-refractivity contribution is 6.00. The number of ether oxygens (including phenoxy) is 3. The van der Waals surface area contributed by atoms with Gasteiger partial charge in [-0.2, -0.15) is 0 Å². The van der Waals surface area contributed by atoms with Crippen molar-refractivity contribution in [1.82, 2.24) is 0 Å². The number of aliphatic hydroxyl groups is 1. The maximum atomic E-state index is 13.3. The summed E-state index contributed by atoms with van der Waals surface area (Å²) in [5, 5.41) is 21.3. The summed E-state index contributed by atoms with van der Waals surface area (Å²) in [6.45, 7) is 5.31. The quantitative estimate of drug-likeness (QED) is 0.187. The van der Waals surface area contributed by atoms with Crippen LogP contribution in [0.3, 0.4) is 0 Å². The van der Waals surface area contributed by atoms with E-state index in [0.29, 0.717) is 39.5 Å². The number of carbonyl (C=O) groups is 1. The van der Waals surface area contributed by atoms with Crippen LogP contribution in [0.25, 0.3) is 6.08 Å². The number of aliphatic hydroxyl groups excluding tert-OH is 1. The lowest BCUT2D eigenvalue weighted by Crippen LogP contribution is -2.27. The van der Waals surface area contributed by atoms with Gasteiger partial charge in [0.25, 0.3) is 5.69 Å². The average Bonchev–Trinajstić information content (AvgIpc) is 2.90. The van der Waals surface area contributed by atoms with E-state index in [1.165, 1.54) is 6.07 Å². The zero-order valence-electron chi connectivity index (χ0n) is 21.7. The predicted octanol–water partition coefficient (Wildman–Crippen LogP) is 6.06. The number of aryl methyl sites for hydroxylation is 1. The minimum absolute atomic E-state index is 0.0442. The number of carbonyl (C=O) groups excluding carboxylic acids is 1. The van der Waals surface area contributed by atoms with Gasteiger partial charge in [-0.15, -0.1) is 0 Å². The zero-order chi connectivity index (χ0) is 27.3. The Morgan fingerprint density at radius 1 is 1.08 bits per heavy atom. The van der Waals surface area contributed by atoms with Gasteiger partial charge in [0.15, 0.2) is 6.61 Å². The van der Waals surface area contributed by atoms with E-state index >= 15 is 0 Å². The number of ketones is 1. The molecule has 1 N–H and O–H groups in total. The number of rotatable bonds is 11. The van der Waals surface area contributed by atoms with E-state index in [4.69, 9.17) is 14.2 Å². The van der Waals surface area contributed by atoms with Crippen LogP contribution in [-0.4, -0.2) is 28.0 Å². The molecule has 0 aromatic heterocycles. The number of nitrogens with zero attached hydrogens (tertiary/aromatic N) is 1. The van der Waals surface area contributed by atoms with Crippen molar-refractivity contribution in [2.24, 2.45) is 0 Å². The summed E-state index contributed by atoms with van der Waals surface area (Å²) in [4.78, 5) is 24.3. The molecule has 0 radical (unpaired) electrons. The third kappa shape index (κ3) is 6.03. The molecule has 8 heteroatoms. The summed E-state index contributed by atoms with van der Waals surface area (Å²) in [5.74, 6) is 1.00. The number of para-hydroxylation sites is 1. The van der Waals surface area contributed by atoms with Gasteiger partial charge in [0, 0.05) is 11.6 Å². The molecule has 1 heterocycles. The van der Waals surface area contributed by atoms with E-state index in [1.807, 2.05) is 32.1 Å². The van der Waals surface area contributed by atoms with Crippen molar-refractivity contribution in [2.45, 2.75) is 52.4 Å². The molecule has 1 aliphatic heterocycles. The summed E-state index contributed by atoms with van der Waals surface area (Å²) in [6.07, 6.45) is 5.48. The van der Waals surface area contributed by atoms with Gasteiger partial charge in [0.2, 0.25) is 5.78 Å². The lowest BCUT2D eigenvalue weighted by atomic mass is 9.99. The molecular weight excluding hydrogens is 486 g/mol. The summed E-state index contributed by atoms with van der Waals surface area (Å²) < 4.78 is 18.0. The van der Waals surface area contributed by atoms with Crippen LogP contribution in [0, 0.1) is 10.1 Å². The predicted molar refractivity (Wildman–Crippen MR) is 144 cm³/mol. The first kappa shape index (κ1) is 26.9. The molecule has 0 bridgehead atoms. The van der Waals surface area contributed by atoms with Gasteiger partial charge in [-0.05, 0) is 68.3 Å². The molecule has 4 rings (SSSR count). The van der Waals surface area contributed by atoms with Gasteiger partial charge in [-0.25, -0.2) is 0 Å². The molecule has 0 atom stereocenters. The van der Waals surface area contributed by atoms with Crippen LogP contribution < -0.4 is 14.2 Å². The van der Waals surface area contributed by atoms with E-state index in [9.17, 15) is 20.0 Å². The minimum Gasteiger partial charge on any atom is -0.488 e. The molecule has 0 aliphatic carbocycles. The number of benzene rings is 3. The molecule has 0 saturated heterocycles. The van der Waals surface area contributed by atoms with Crippen molar-refractivity contribution in [3.63, 3.8) is 0 Å². The van der Waals surface area contributed by atoms with E-state index in [-0.39, 0.29) is 31.3 Å².